The number of hydrogen-bond acceptors (Lipinski definition) is 4. The van der Waals surface area contributed by atoms with Crippen molar-refractivity contribution in [3.8, 4) is 5.75 Å². The van der Waals surface area contributed by atoms with Crippen molar-refractivity contribution in [2.75, 3.05) is 20.2 Å². The number of amides is 2. The first-order valence-corrected chi connectivity index (χ1v) is 12.3. The quantitative estimate of drug-likeness (QED) is 0.529. The molecular formula is C27H28N2O3S. The molecule has 5 rings (SSSR count). The van der Waals surface area contributed by atoms with E-state index in [-0.39, 0.29) is 30.4 Å². The van der Waals surface area contributed by atoms with Crippen LogP contribution in [-0.2, 0) is 11.2 Å². The summed E-state index contributed by atoms with van der Waals surface area (Å²) < 4.78 is 5.21. The summed E-state index contributed by atoms with van der Waals surface area (Å²) in [5.41, 5.74) is 4.13. The summed E-state index contributed by atoms with van der Waals surface area (Å²) in [6, 6.07) is 17.6. The first-order chi connectivity index (χ1) is 16.1. The van der Waals surface area contributed by atoms with Gasteiger partial charge in [0.2, 0.25) is 5.91 Å². The summed E-state index contributed by atoms with van der Waals surface area (Å²) in [5, 5.41) is 2.12. The molecule has 6 heteroatoms. The lowest BCUT2D eigenvalue weighted by Crippen LogP contribution is -2.47. The molecule has 1 aromatic heterocycles. The molecule has 0 N–H and O–H groups in total. The lowest BCUT2D eigenvalue weighted by Gasteiger charge is -2.38. The SMILES string of the molecule is COc1ccc(C(=O)N(CC(=O)N2CCc3sccc3C2c2ccccc2C)C2CC2)cc1. The highest BCUT2D eigenvalue weighted by atomic mass is 32.1. The van der Waals surface area contributed by atoms with Crippen LogP contribution < -0.4 is 4.74 Å². The minimum Gasteiger partial charge on any atom is -0.497 e. The number of aryl methyl sites for hydroxylation is 1. The molecule has 0 saturated heterocycles. The van der Waals surface area contributed by atoms with E-state index in [1.54, 1.807) is 47.6 Å². The Morgan fingerprint density at radius 1 is 1.06 bits per heavy atom. The average molecular weight is 461 g/mol. The van der Waals surface area contributed by atoms with E-state index in [2.05, 4.69) is 30.5 Å². The molecule has 1 saturated carbocycles. The van der Waals surface area contributed by atoms with E-state index < -0.39 is 0 Å². The highest BCUT2D eigenvalue weighted by molar-refractivity contribution is 7.10. The number of methoxy groups -OCH3 is 1. The van der Waals surface area contributed by atoms with Gasteiger partial charge in [-0.25, -0.2) is 0 Å². The fraction of sp³-hybridized carbons (Fsp3) is 0.333. The second-order valence-electron chi connectivity index (χ2n) is 8.79. The van der Waals surface area contributed by atoms with E-state index >= 15 is 0 Å². The Morgan fingerprint density at radius 3 is 2.52 bits per heavy atom. The monoisotopic (exact) mass is 460 g/mol. The smallest absolute Gasteiger partial charge is 0.254 e. The zero-order valence-electron chi connectivity index (χ0n) is 19.0. The number of carbonyl (C=O) groups excluding carboxylic acids is 2. The van der Waals surface area contributed by atoms with Gasteiger partial charge in [-0.05, 0) is 78.6 Å². The number of ether oxygens (including phenoxy) is 1. The summed E-state index contributed by atoms with van der Waals surface area (Å²) in [4.78, 5) is 32.1. The average Bonchev–Trinajstić information content (AvgIpc) is 3.57. The maximum absolute atomic E-state index is 13.7. The largest absolute Gasteiger partial charge is 0.497 e. The fourth-order valence-electron chi connectivity index (χ4n) is 4.70. The van der Waals surface area contributed by atoms with Crippen LogP contribution in [-0.4, -0.2) is 47.9 Å². The lowest BCUT2D eigenvalue weighted by molar-refractivity contribution is -0.134. The van der Waals surface area contributed by atoms with Crippen molar-refractivity contribution in [2.24, 2.45) is 0 Å². The van der Waals surface area contributed by atoms with Crippen molar-refractivity contribution < 1.29 is 14.3 Å². The Kier molecular flexibility index (Phi) is 5.94. The van der Waals surface area contributed by atoms with Gasteiger partial charge in [0.25, 0.3) is 5.91 Å². The number of nitrogens with zero attached hydrogens (tertiary/aromatic N) is 2. The molecule has 33 heavy (non-hydrogen) atoms. The Morgan fingerprint density at radius 2 is 1.82 bits per heavy atom. The summed E-state index contributed by atoms with van der Waals surface area (Å²) >= 11 is 1.76. The van der Waals surface area contributed by atoms with Crippen molar-refractivity contribution >= 4 is 23.2 Å². The Bertz CT molecular complexity index is 1170. The van der Waals surface area contributed by atoms with Crippen LogP contribution in [0.1, 0.15) is 50.8 Å². The molecular weight excluding hydrogens is 432 g/mol. The highest BCUT2D eigenvalue weighted by Crippen LogP contribution is 2.39. The number of benzene rings is 2. The minimum atomic E-state index is -0.106. The van der Waals surface area contributed by atoms with Crippen LogP contribution in [0.3, 0.4) is 0 Å². The minimum absolute atomic E-state index is 0.00821. The van der Waals surface area contributed by atoms with Gasteiger partial charge in [-0.3, -0.25) is 9.59 Å². The standard InChI is InChI=1S/C27H28N2O3S/c1-18-5-3-4-6-22(18)26-23-14-16-33-24(23)13-15-28(26)25(30)17-29(20-9-10-20)27(31)19-7-11-21(32-2)12-8-19/h3-8,11-12,14,16,20,26H,9-10,13,15,17H2,1-2H3. The van der Waals surface area contributed by atoms with E-state index in [1.807, 2.05) is 17.0 Å². The second-order valence-corrected chi connectivity index (χ2v) is 9.79. The number of carbonyl (C=O) groups is 2. The van der Waals surface area contributed by atoms with Gasteiger partial charge in [-0.1, -0.05) is 24.3 Å². The number of hydrogen-bond donors (Lipinski definition) is 0. The van der Waals surface area contributed by atoms with Crippen molar-refractivity contribution in [1.29, 1.82) is 0 Å². The van der Waals surface area contributed by atoms with Crippen molar-refractivity contribution in [1.82, 2.24) is 9.80 Å². The first-order valence-electron chi connectivity index (χ1n) is 11.4. The molecule has 1 aliphatic heterocycles. The van der Waals surface area contributed by atoms with Crippen molar-refractivity contribution in [3.63, 3.8) is 0 Å². The Labute approximate surface area is 198 Å². The van der Waals surface area contributed by atoms with Gasteiger partial charge in [0.15, 0.2) is 0 Å². The molecule has 0 bridgehead atoms. The predicted molar refractivity (Wildman–Crippen MR) is 130 cm³/mol. The third kappa shape index (κ3) is 4.27. The van der Waals surface area contributed by atoms with Gasteiger partial charge in [-0.15, -0.1) is 11.3 Å². The van der Waals surface area contributed by atoms with Gasteiger partial charge in [0.05, 0.1) is 13.2 Å². The maximum atomic E-state index is 13.7. The molecule has 1 fully saturated rings. The topological polar surface area (TPSA) is 49.9 Å². The number of thiophene rings is 1. The molecule has 2 aliphatic rings. The second kappa shape index (κ2) is 9.02. The van der Waals surface area contributed by atoms with Crippen molar-refractivity contribution in [3.05, 3.63) is 87.1 Å². The zero-order chi connectivity index (χ0) is 22.9. The molecule has 5 nitrogen and oxygen atoms in total. The summed E-state index contributed by atoms with van der Waals surface area (Å²) in [7, 11) is 1.61. The fourth-order valence-corrected chi connectivity index (χ4v) is 5.61. The molecule has 1 atom stereocenters. The molecule has 0 radical (unpaired) electrons. The molecule has 3 aromatic rings. The molecule has 2 aromatic carbocycles. The van der Waals surface area contributed by atoms with Crippen molar-refractivity contribution in [2.45, 2.75) is 38.3 Å². The maximum Gasteiger partial charge on any atom is 0.254 e. The molecule has 170 valence electrons. The third-order valence-electron chi connectivity index (χ3n) is 6.66. The van der Waals surface area contributed by atoms with Crippen LogP contribution in [0.25, 0.3) is 0 Å². The molecule has 1 aliphatic carbocycles. The number of fused-ring (bicyclic) bond motifs is 1. The van der Waals surface area contributed by atoms with Crippen LogP contribution in [0.15, 0.2) is 60.0 Å². The van der Waals surface area contributed by atoms with E-state index in [1.165, 1.54) is 16.0 Å². The summed E-state index contributed by atoms with van der Waals surface area (Å²) in [6.45, 7) is 2.88. The van der Waals surface area contributed by atoms with Crippen LogP contribution in [0.4, 0.5) is 0 Å². The normalized spacial score (nSPS) is 17.4. The first kappa shape index (κ1) is 21.7. The van der Waals surface area contributed by atoms with Crippen LogP contribution >= 0.6 is 11.3 Å². The summed E-state index contributed by atoms with van der Waals surface area (Å²) in [5.74, 6) is 0.629. The molecule has 2 heterocycles. The Balaban J connectivity index is 1.42. The van der Waals surface area contributed by atoms with Gasteiger partial charge < -0.3 is 14.5 Å². The lowest BCUT2D eigenvalue weighted by atomic mass is 9.90. The zero-order valence-corrected chi connectivity index (χ0v) is 19.8. The van der Waals surface area contributed by atoms with Gasteiger partial charge in [0.1, 0.15) is 12.3 Å². The van der Waals surface area contributed by atoms with E-state index in [0.29, 0.717) is 17.9 Å². The molecule has 2 amide bonds. The highest BCUT2D eigenvalue weighted by Gasteiger charge is 2.38. The molecule has 1 unspecified atom stereocenters. The van der Waals surface area contributed by atoms with E-state index in [4.69, 9.17) is 4.74 Å². The predicted octanol–water partition coefficient (Wildman–Crippen LogP) is 4.84. The van der Waals surface area contributed by atoms with Crippen LogP contribution in [0.2, 0.25) is 0 Å². The summed E-state index contributed by atoms with van der Waals surface area (Å²) in [6.07, 6.45) is 2.76. The van der Waals surface area contributed by atoms with Gasteiger partial charge >= 0.3 is 0 Å². The van der Waals surface area contributed by atoms with Crippen LogP contribution in [0, 0.1) is 6.92 Å². The number of rotatable bonds is 6. The van der Waals surface area contributed by atoms with Gasteiger partial charge in [-0.2, -0.15) is 0 Å². The van der Waals surface area contributed by atoms with E-state index in [0.717, 1.165) is 24.8 Å². The van der Waals surface area contributed by atoms with E-state index in [9.17, 15) is 9.59 Å². The third-order valence-corrected chi connectivity index (χ3v) is 7.66. The van der Waals surface area contributed by atoms with Crippen LogP contribution in [0.5, 0.6) is 5.75 Å². The molecule has 0 spiro atoms. The van der Waals surface area contributed by atoms with Gasteiger partial charge in [0, 0.05) is 23.0 Å². The Hall–Kier alpha value is -3.12.